The van der Waals surface area contributed by atoms with Crippen LogP contribution in [-0.4, -0.2) is 18.0 Å². The Bertz CT molecular complexity index is 1010. The van der Waals surface area contributed by atoms with Crippen molar-refractivity contribution < 1.29 is 17.4 Å². The van der Waals surface area contributed by atoms with Gasteiger partial charge in [-0.05, 0) is 48.7 Å². The van der Waals surface area contributed by atoms with Crippen LogP contribution in [-0.2, 0) is 16.5 Å². The molecule has 0 aliphatic heterocycles. The molecule has 1 aromatic heterocycles. The molecule has 0 saturated carbocycles. The summed E-state index contributed by atoms with van der Waals surface area (Å²) in [6.45, 7) is 3.79. The molecular formula is C17H16FNO3S. The summed E-state index contributed by atoms with van der Waals surface area (Å²) in [5, 5.41) is 0.579. The van der Waals surface area contributed by atoms with E-state index in [-0.39, 0.29) is 4.90 Å². The van der Waals surface area contributed by atoms with E-state index in [0.29, 0.717) is 28.5 Å². The second-order valence-electron chi connectivity index (χ2n) is 5.46. The number of hydrogen-bond acceptors (Lipinski definition) is 2. The Morgan fingerprint density at radius 3 is 2.61 bits per heavy atom. The van der Waals surface area contributed by atoms with Crippen LogP contribution in [0.4, 0.5) is 4.39 Å². The Morgan fingerprint density at radius 2 is 1.96 bits per heavy atom. The lowest BCUT2D eigenvalue weighted by Crippen LogP contribution is -2.04. The van der Waals surface area contributed by atoms with E-state index in [1.54, 1.807) is 18.3 Å². The first-order chi connectivity index (χ1) is 10.8. The van der Waals surface area contributed by atoms with E-state index in [2.05, 4.69) is 4.98 Å². The van der Waals surface area contributed by atoms with Crippen LogP contribution in [0.3, 0.4) is 0 Å². The molecule has 2 aromatic carbocycles. The number of nitrogens with one attached hydrogen (secondary N) is 1. The second-order valence-corrected chi connectivity index (χ2v) is 6.84. The molecule has 0 atom stereocenters. The zero-order chi connectivity index (χ0) is 16.8. The number of fused-ring (bicyclic) bond motifs is 1. The zero-order valence-electron chi connectivity index (χ0n) is 12.7. The molecule has 0 aliphatic rings. The van der Waals surface area contributed by atoms with Crippen molar-refractivity contribution in [2.24, 2.45) is 0 Å². The molecule has 0 fully saturated rings. The fraction of sp³-hybridized carbons (Fsp3) is 0.176. The standard InChI is InChI=1S/C17H16FNO3S/c1-3-12-10(2)4-7-16(23(20,21)22)17(12)14-9-19-15-6-5-11(18)8-13(14)15/h4-9,19H,3H2,1-2H3,(H,20,21,22). The van der Waals surface area contributed by atoms with Gasteiger partial charge in [0.15, 0.2) is 0 Å². The molecule has 0 radical (unpaired) electrons. The van der Waals surface area contributed by atoms with Crippen molar-refractivity contribution in [2.45, 2.75) is 25.2 Å². The van der Waals surface area contributed by atoms with Crippen molar-refractivity contribution >= 4 is 21.0 Å². The first kappa shape index (κ1) is 15.7. The molecule has 0 bridgehead atoms. The summed E-state index contributed by atoms with van der Waals surface area (Å²) in [5.41, 5.74) is 3.41. The van der Waals surface area contributed by atoms with Gasteiger partial charge in [-0.15, -0.1) is 0 Å². The van der Waals surface area contributed by atoms with Crippen LogP contribution in [0.1, 0.15) is 18.1 Å². The smallest absolute Gasteiger partial charge is 0.295 e. The number of halogens is 1. The van der Waals surface area contributed by atoms with Gasteiger partial charge in [0, 0.05) is 28.2 Å². The third kappa shape index (κ3) is 2.64. The van der Waals surface area contributed by atoms with Gasteiger partial charge in [-0.1, -0.05) is 13.0 Å². The van der Waals surface area contributed by atoms with E-state index >= 15 is 0 Å². The van der Waals surface area contributed by atoms with Crippen molar-refractivity contribution in [1.29, 1.82) is 0 Å². The van der Waals surface area contributed by atoms with Crippen LogP contribution >= 0.6 is 0 Å². The Balaban J connectivity index is 2.46. The predicted molar refractivity (Wildman–Crippen MR) is 87.6 cm³/mol. The van der Waals surface area contributed by atoms with Gasteiger partial charge >= 0.3 is 0 Å². The van der Waals surface area contributed by atoms with Crippen molar-refractivity contribution in [3.05, 3.63) is 53.5 Å². The zero-order valence-corrected chi connectivity index (χ0v) is 13.5. The Labute approximate surface area is 133 Å². The van der Waals surface area contributed by atoms with E-state index in [1.165, 1.54) is 18.2 Å². The summed E-state index contributed by atoms with van der Waals surface area (Å²) in [5.74, 6) is -0.405. The minimum atomic E-state index is -4.40. The second kappa shape index (κ2) is 5.47. The first-order valence-electron chi connectivity index (χ1n) is 7.20. The van der Waals surface area contributed by atoms with Crippen molar-refractivity contribution in [3.63, 3.8) is 0 Å². The predicted octanol–water partition coefficient (Wildman–Crippen LogP) is 4.09. The third-order valence-corrected chi connectivity index (χ3v) is 4.95. The average Bonchev–Trinajstić information content (AvgIpc) is 2.88. The van der Waals surface area contributed by atoms with Gasteiger partial charge in [0.25, 0.3) is 10.1 Å². The number of benzene rings is 2. The van der Waals surface area contributed by atoms with E-state index in [9.17, 15) is 17.4 Å². The Kier molecular flexibility index (Phi) is 3.74. The molecule has 0 saturated heterocycles. The van der Waals surface area contributed by atoms with Gasteiger partial charge in [0.05, 0.1) is 0 Å². The molecule has 4 nitrogen and oxygen atoms in total. The summed E-state index contributed by atoms with van der Waals surface area (Å²) in [4.78, 5) is 2.86. The van der Waals surface area contributed by atoms with Crippen LogP contribution in [0, 0.1) is 12.7 Å². The van der Waals surface area contributed by atoms with Crippen LogP contribution in [0.2, 0.25) is 0 Å². The number of H-pyrrole nitrogens is 1. The lowest BCUT2D eigenvalue weighted by Gasteiger charge is -2.14. The topological polar surface area (TPSA) is 70.2 Å². The highest BCUT2D eigenvalue weighted by Crippen LogP contribution is 2.37. The van der Waals surface area contributed by atoms with E-state index in [1.807, 2.05) is 13.8 Å². The molecule has 3 aromatic rings. The monoisotopic (exact) mass is 333 g/mol. The fourth-order valence-electron chi connectivity index (χ4n) is 3.00. The number of hydrogen-bond donors (Lipinski definition) is 2. The van der Waals surface area contributed by atoms with E-state index in [4.69, 9.17) is 0 Å². The van der Waals surface area contributed by atoms with Gasteiger partial charge in [-0.3, -0.25) is 4.55 Å². The van der Waals surface area contributed by atoms with Crippen molar-refractivity contribution in [3.8, 4) is 11.1 Å². The highest BCUT2D eigenvalue weighted by Gasteiger charge is 2.22. The van der Waals surface area contributed by atoms with Gasteiger partial charge < -0.3 is 4.98 Å². The highest BCUT2D eigenvalue weighted by atomic mass is 32.2. The molecule has 0 spiro atoms. The van der Waals surface area contributed by atoms with Crippen LogP contribution < -0.4 is 0 Å². The van der Waals surface area contributed by atoms with Gasteiger partial charge in [0.2, 0.25) is 0 Å². The molecule has 1 heterocycles. The normalized spacial score (nSPS) is 12.0. The molecule has 23 heavy (non-hydrogen) atoms. The molecule has 0 unspecified atom stereocenters. The third-order valence-electron chi connectivity index (χ3n) is 4.05. The summed E-state index contributed by atoms with van der Waals surface area (Å²) >= 11 is 0. The van der Waals surface area contributed by atoms with Crippen LogP contribution in [0.25, 0.3) is 22.0 Å². The minimum absolute atomic E-state index is 0.162. The number of rotatable bonds is 3. The summed E-state index contributed by atoms with van der Waals surface area (Å²) < 4.78 is 46.8. The maximum absolute atomic E-state index is 13.6. The largest absolute Gasteiger partial charge is 0.361 e. The Hall–Kier alpha value is -2.18. The van der Waals surface area contributed by atoms with Crippen molar-refractivity contribution in [2.75, 3.05) is 0 Å². The maximum atomic E-state index is 13.6. The lowest BCUT2D eigenvalue weighted by atomic mass is 9.94. The SMILES string of the molecule is CCc1c(C)ccc(S(=O)(=O)O)c1-c1c[nH]c2ccc(F)cc12. The number of aryl methyl sites for hydroxylation is 1. The van der Waals surface area contributed by atoms with E-state index in [0.717, 1.165) is 11.1 Å². The van der Waals surface area contributed by atoms with Crippen molar-refractivity contribution in [1.82, 2.24) is 4.98 Å². The average molecular weight is 333 g/mol. The molecule has 120 valence electrons. The van der Waals surface area contributed by atoms with Gasteiger partial charge in [-0.25, -0.2) is 4.39 Å². The summed E-state index contributed by atoms with van der Waals surface area (Å²) in [6.07, 6.45) is 2.24. The van der Waals surface area contributed by atoms with Crippen LogP contribution in [0.15, 0.2) is 41.4 Å². The number of aromatic nitrogens is 1. The minimum Gasteiger partial charge on any atom is -0.361 e. The maximum Gasteiger partial charge on any atom is 0.295 e. The summed E-state index contributed by atoms with van der Waals surface area (Å²) in [7, 11) is -4.40. The Morgan fingerprint density at radius 1 is 1.22 bits per heavy atom. The molecule has 0 amide bonds. The molecule has 3 rings (SSSR count). The van der Waals surface area contributed by atoms with Gasteiger partial charge in [-0.2, -0.15) is 8.42 Å². The molecule has 2 N–H and O–H groups in total. The summed E-state index contributed by atoms with van der Waals surface area (Å²) in [6, 6.07) is 7.35. The number of aromatic amines is 1. The first-order valence-corrected chi connectivity index (χ1v) is 8.64. The molecule has 0 aliphatic carbocycles. The van der Waals surface area contributed by atoms with Gasteiger partial charge in [0.1, 0.15) is 10.7 Å². The quantitative estimate of drug-likeness (QED) is 0.709. The van der Waals surface area contributed by atoms with E-state index < -0.39 is 15.9 Å². The highest BCUT2D eigenvalue weighted by molar-refractivity contribution is 7.86. The molecular weight excluding hydrogens is 317 g/mol. The van der Waals surface area contributed by atoms with Crippen LogP contribution in [0.5, 0.6) is 0 Å². The lowest BCUT2D eigenvalue weighted by molar-refractivity contribution is 0.483. The fourth-order valence-corrected chi connectivity index (χ4v) is 3.73. The molecule has 6 heteroatoms.